The van der Waals surface area contributed by atoms with E-state index in [1.165, 1.54) is 23.0 Å². The number of nitro benzene ring substituents is 1. The molecule has 0 aliphatic heterocycles. The summed E-state index contributed by atoms with van der Waals surface area (Å²) in [5.74, 6) is 0.425. The molecule has 4 aromatic rings. The highest BCUT2D eigenvalue weighted by atomic mass is 79.9. The average molecular weight is 584 g/mol. The largest absolute Gasteiger partial charge is 0.481 e. The number of nitrogens with zero attached hydrogens (tertiary/aromatic N) is 4. The summed E-state index contributed by atoms with van der Waals surface area (Å²) in [6.07, 6.45) is 2.08. The van der Waals surface area contributed by atoms with E-state index in [1.807, 2.05) is 51.1 Å². The van der Waals surface area contributed by atoms with E-state index < -0.39 is 4.92 Å². The molecule has 8 nitrogen and oxygen atoms in total. The van der Waals surface area contributed by atoms with Crippen LogP contribution in [0.5, 0.6) is 5.75 Å². The Morgan fingerprint density at radius 1 is 1.22 bits per heavy atom. The quantitative estimate of drug-likeness (QED) is 0.126. The van der Waals surface area contributed by atoms with Crippen molar-refractivity contribution >= 4 is 50.3 Å². The molecule has 0 radical (unpaired) electrons. The number of rotatable bonds is 8. The van der Waals surface area contributed by atoms with Gasteiger partial charge in [0.2, 0.25) is 5.75 Å². The van der Waals surface area contributed by atoms with Gasteiger partial charge in [-0.15, -0.1) is 0 Å². The molecule has 0 N–H and O–H groups in total. The molecule has 0 aliphatic rings. The van der Waals surface area contributed by atoms with Crippen LogP contribution in [0.4, 0.5) is 5.69 Å². The predicted octanol–water partition coefficient (Wildman–Crippen LogP) is 7.00. The lowest BCUT2D eigenvalue weighted by Gasteiger charge is -2.14. The molecule has 0 saturated heterocycles. The molecule has 1 heterocycles. The van der Waals surface area contributed by atoms with Crippen LogP contribution in [0.3, 0.4) is 0 Å². The number of aromatic nitrogens is 2. The Labute approximate surface area is 226 Å². The van der Waals surface area contributed by atoms with Crippen LogP contribution in [0.2, 0.25) is 5.02 Å². The minimum Gasteiger partial charge on any atom is -0.481 e. The lowest BCUT2D eigenvalue weighted by atomic mass is 10.1. The molecule has 0 spiro atoms. The predicted molar refractivity (Wildman–Crippen MR) is 149 cm³/mol. The summed E-state index contributed by atoms with van der Waals surface area (Å²) in [7, 11) is 0. The highest BCUT2D eigenvalue weighted by Crippen LogP contribution is 2.34. The van der Waals surface area contributed by atoms with E-state index in [1.54, 1.807) is 12.1 Å². The lowest BCUT2D eigenvalue weighted by Crippen LogP contribution is -2.23. The summed E-state index contributed by atoms with van der Waals surface area (Å²) < 4.78 is 7.89. The van der Waals surface area contributed by atoms with Gasteiger partial charge in [0.1, 0.15) is 12.4 Å². The summed E-state index contributed by atoms with van der Waals surface area (Å²) in [6, 6.07) is 15.7. The molecule has 1 atom stereocenters. The van der Waals surface area contributed by atoms with E-state index in [2.05, 4.69) is 21.0 Å². The maximum absolute atomic E-state index is 13.4. The first-order valence-corrected chi connectivity index (χ1v) is 12.8. The Bertz CT molecular complexity index is 1570. The van der Waals surface area contributed by atoms with Crippen LogP contribution in [0.25, 0.3) is 10.9 Å². The van der Waals surface area contributed by atoms with Crippen molar-refractivity contribution < 1.29 is 9.66 Å². The van der Waals surface area contributed by atoms with E-state index in [0.29, 0.717) is 16.7 Å². The molecule has 0 fully saturated rings. The van der Waals surface area contributed by atoms with E-state index in [9.17, 15) is 14.9 Å². The Hall–Kier alpha value is -3.56. The number of nitro groups is 1. The van der Waals surface area contributed by atoms with Crippen LogP contribution < -0.4 is 10.3 Å². The molecule has 10 heteroatoms. The Balaban J connectivity index is 1.83. The van der Waals surface area contributed by atoms with Crippen LogP contribution in [-0.4, -0.2) is 20.8 Å². The molecular weight excluding hydrogens is 560 g/mol. The van der Waals surface area contributed by atoms with Crippen LogP contribution in [0.15, 0.2) is 69.0 Å². The van der Waals surface area contributed by atoms with Gasteiger partial charge in [0.15, 0.2) is 0 Å². The summed E-state index contributed by atoms with van der Waals surface area (Å²) in [4.78, 5) is 29.4. The van der Waals surface area contributed by atoms with Gasteiger partial charge in [-0.05, 0) is 43.2 Å². The van der Waals surface area contributed by atoms with E-state index in [4.69, 9.17) is 21.3 Å². The van der Waals surface area contributed by atoms with Gasteiger partial charge in [-0.1, -0.05) is 71.2 Å². The molecule has 3 aromatic carbocycles. The monoisotopic (exact) mass is 582 g/mol. The fourth-order valence-corrected chi connectivity index (χ4v) is 4.31. The van der Waals surface area contributed by atoms with Crippen LogP contribution in [-0.2, 0) is 6.61 Å². The molecule has 37 heavy (non-hydrogen) atoms. The van der Waals surface area contributed by atoms with Crippen molar-refractivity contribution in [2.45, 2.75) is 39.7 Å². The van der Waals surface area contributed by atoms with Gasteiger partial charge >= 0.3 is 5.69 Å². The Kier molecular flexibility index (Phi) is 8.04. The zero-order chi connectivity index (χ0) is 26.7. The first-order chi connectivity index (χ1) is 17.7. The maximum atomic E-state index is 13.4. The third-order valence-electron chi connectivity index (χ3n) is 5.96. The van der Waals surface area contributed by atoms with Gasteiger partial charge in [0, 0.05) is 27.0 Å². The van der Waals surface area contributed by atoms with Gasteiger partial charge < -0.3 is 4.74 Å². The minimum atomic E-state index is -0.556. The number of benzene rings is 3. The molecule has 4 rings (SSSR count). The summed E-state index contributed by atoms with van der Waals surface area (Å²) in [6.45, 7) is 6.03. The minimum absolute atomic E-state index is 0.00774. The third-order valence-corrected chi connectivity index (χ3v) is 6.67. The average Bonchev–Trinajstić information content (AvgIpc) is 2.87. The number of aryl methyl sites for hydroxylation is 1. The van der Waals surface area contributed by atoms with Crippen molar-refractivity contribution in [1.29, 1.82) is 0 Å². The van der Waals surface area contributed by atoms with Crippen molar-refractivity contribution in [2.24, 2.45) is 5.10 Å². The number of hydrogen-bond acceptors (Lipinski definition) is 6. The number of fused-ring (bicyclic) bond motifs is 1. The fraction of sp³-hybridized carbons (Fsp3) is 0.222. The molecule has 0 unspecified atom stereocenters. The molecule has 0 aliphatic carbocycles. The second-order valence-electron chi connectivity index (χ2n) is 8.68. The van der Waals surface area contributed by atoms with E-state index >= 15 is 0 Å². The SMILES string of the molecule is CC[C@@H](C)c1nc2ccc(Br)cc2c(=O)n1N=Cc1cc(Cl)cc([N+](=O)[O-])c1OCc1ccc(C)cc1. The summed E-state index contributed by atoms with van der Waals surface area (Å²) in [5.41, 5.74) is 2.12. The fourth-order valence-electron chi connectivity index (χ4n) is 3.73. The van der Waals surface area contributed by atoms with Gasteiger partial charge in [0.05, 0.1) is 22.0 Å². The number of ether oxygens (including phenoxy) is 1. The van der Waals surface area contributed by atoms with Crippen molar-refractivity contribution in [3.05, 3.63) is 107 Å². The first kappa shape index (κ1) is 26.5. The number of hydrogen-bond donors (Lipinski definition) is 0. The normalized spacial score (nSPS) is 12.2. The lowest BCUT2D eigenvalue weighted by molar-refractivity contribution is -0.385. The van der Waals surface area contributed by atoms with Crippen LogP contribution in [0.1, 0.15) is 48.7 Å². The highest BCUT2D eigenvalue weighted by Gasteiger charge is 2.21. The summed E-state index contributed by atoms with van der Waals surface area (Å²) in [5, 5.41) is 16.8. The van der Waals surface area contributed by atoms with Crippen molar-refractivity contribution in [1.82, 2.24) is 9.66 Å². The zero-order valence-corrected chi connectivity index (χ0v) is 22.8. The van der Waals surface area contributed by atoms with Crippen molar-refractivity contribution in [3.8, 4) is 5.75 Å². The molecule has 0 bridgehead atoms. The van der Waals surface area contributed by atoms with Gasteiger partial charge in [-0.25, -0.2) is 4.98 Å². The highest BCUT2D eigenvalue weighted by molar-refractivity contribution is 9.10. The molecule has 190 valence electrons. The maximum Gasteiger partial charge on any atom is 0.313 e. The Morgan fingerprint density at radius 3 is 2.62 bits per heavy atom. The summed E-state index contributed by atoms with van der Waals surface area (Å²) >= 11 is 9.60. The third kappa shape index (κ3) is 5.89. The molecular formula is C27H24BrClN4O4. The first-order valence-electron chi connectivity index (χ1n) is 11.6. The second-order valence-corrected chi connectivity index (χ2v) is 10.0. The van der Waals surface area contributed by atoms with Crippen molar-refractivity contribution in [3.63, 3.8) is 0 Å². The zero-order valence-electron chi connectivity index (χ0n) is 20.4. The van der Waals surface area contributed by atoms with Gasteiger partial charge in [-0.2, -0.15) is 9.78 Å². The standard InChI is InChI=1S/C27H24BrClN4O4/c1-4-17(3)26-31-23-10-9-20(28)12-22(23)27(34)32(26)30-14-19-11-21(29)13-24(33(35)36)25(19)37-15-18-7-5-16(2)6-8-18/h5-14,17H,4,15H2,1-3H3/t17-/m1/s1. The molecule has 0 saturated carbocycles. The van der Waals surface area contributed by atoms with Crippen molar-refractivity contribution in [2.75, 3.05) is 0 Å². The van der Waals surface area contributed by atoms with Gasteiger partial charge in [-0.3, -0.25) is 14.9 Å². The topological polar surface area (TPSA) is 99.6 Å². The molecule has 0 amide bonds. The van der Waals surface area contributed by atoms with E-state index in [-0.39, 0.29) is 40.1 Å². The smallest absolute Gasteiger partial charge is 0.313 e. The van der Waals surface area contributed by atoms with Gasteiger partial charge in [0.25, 0.3) is 5.56 Å². The van der Waals surface area contributed by atoms with Crippen LogP contribution >= 0.6 is 27.5 Å². The van der Waals surface area contributed by atoms with E-state index in [0.717, 1.165) is 22.0 Å². The Morgan fingerprint density at radius 2 is 1.95 bits per heavy atom. The van der Waals surface area contributed by atoms with Crippen LogP contribution in [0, 0.1) is 17.0 Å². The molecule has 1 aromatic heterocycles. The second kappa shape index (κ2) is 11.2. The number of halogens is 2.